The van der Waals surface area contributed by atoms with Crippen LogP contribution in [0.4, 0.5) is 0 Å². The Balaban J connectivity index is 2.07. The maximum atomic E-state index is 12.2. The van der Waals surface area contributed by atoms with Crippen molar-refractivity contribution in [3.8, 4) is 0 Å². The molecular formula is C17H22O5. The zero-order valence-corrected chi connectivity index (χ0v) is 13.5. The Hall–Kier alpha value is -1.65. The van der Waals surface area contributed by atoms with Crippen molar-refractivity contribution in [2.24, 2.45) is 17.8 Å². The molecule has 120 valence electrons. The molecule has 22 heavy (non-hydrogen) atoms. The Labute approximate surface area is 130 Å². The number of carbonyl (C=O) groups is 3. The average molecular weight is 306 g/mol. The number of ketones is 1. The van der Waals surface area contributed by atoms with Crippen molar-refractivity contribution in [2.75, 3.05) is 0 Å². The highest BCUT2D eigenvalue weighted by Crippen LogP contribution is 2.52. The van der Waals surface area contributed by atoms with Gasteiger partial charge in [-0.2, -0.15) is 0 Å². The van der Waals surface area contributed by atoms with Gasteiger partial charge in [0.05, 0.1) is 5.92 Å². The summed E-state index contributed by atoms with van der Waals surface area (Å²) in [6, 6.07) is 0. The number of rotatable bonds is 1. The van der Waals surface area contributed by atoms with Crippen LogP contribution in [0.1, 0.15) is 47.0 Å². The van der Waals surface area contributed by atoms with E-state index >= 15 is 0 Å². The number of allylic oxidation sites excluding steroid dienone is 1. The summed E-state index contributed by atoms with van der Waals surface area (Å²) < 4.78 is 11.2. The average Bonchev–Trinajstić information content (AvgIpc) is 2.82. The van der Waals surface area contributed by atoms with Gasteiger partial charge in [-0.3, -0.25) is 14.4 Å². The summed E-state index contributed by atoms with van der Waals surface area (Å²) in [6.07, 6.45) is 1.39. The molecule has 0 amide bonds. The van der Waals surface area contributed by atoms with Crippen molar-refractivity contribution in [3.63, 3.8) is 0 Å². The van der Waals surface area contributed by atoms with Crippen LogP contribution < -0.4 is 0 Å². The number of carbonyl (C=O) groups excluding carboxylic acids is 3. The number of hydrogen-bond acceptors (Lipinski definition) is 5. The van der Waals surface area contributed by atoms with E-state index in [1.807, 2.05) is 13.8 Å². The molecule has 1 saturated carbocycles. The molecule has 1 heterocycles. The van der Waals surface area contributed by atoms with E-state index < -0.39 is 5.60 Å². The van der Waals surface area contributed by atoms with Gasteiger partial charge in [-0.15, -0.1) is 0 Å². The summed E-state index contributed by atoms with van der Waals surface area (Å²) in [4.78, 5) is 35.7. The summed E-state index contributed by atoms with van der Waals surface area (Å²) >= 11 is 0. The van der Waals surface area contributed by atoms with Crippen LogP contribution in [0.5, 0.6) is 0 Å². The fourth-order valence-corrected chi connectivity index (χ4v) is 4.36. The second-order valence-electron chi connectivity index (χ2n) is 7.02. The molecule has 0 spiro atoms. The van der Waals surface area contributed by atoms with E-state index in [0.717, 1.165) is 12.0 Å². The minimum Gasteiger partial charge on any atom is -0.459 e. The second-order valence-corrected chi connectivity index (χ2v) is 7.02. The smallest absolute Gasteiger partial charge is 0.309 e. The molecule has 3 aliphatic rings. The number of fused-ring (bicyclic) bond motifs is 3. The van der Waals surface area contributed by atoms with Crippen molar-refractivity contribution < 1.29 is 23.9 Å². The lowest BCUT2D eigenvalue weighted by Crippen LogP contribution is -2.40. The van der Waals surface area contributed by atoms with Crippen molar-refractivity contribution in [1.29, 1.82) is 0 Å². The fraction of sp³-hybridized carbons (Fsp3) is 0.706. The number of ether oxygens (including phenoxy) is 2. The van der Waals surface area contributed by atoms with Gasteiger partial charge in [0.15, 0.2) is 5.78 Å². The topological polar surface area (TPSA) is 69.7 Å². The van der Waals surface area contributed by atoms with Gasteiger partial charge < -0.3 is 9.47 Å². The van der Waals surface area contributed by atoms with Crippen LogP contribution in [-0.2, 0) is 23.9 Å². The third-order valence-electron chi connectivity index (χ3n) is 5.66. The standard InChI is InChI=1S/C17H22O5/c1-8-11-5-6-17(4,22-10(3)18)12-7-13(19)9(2)14(12)15(11)21-16(8)20/h8,11-12,15H,5-7H2,1-4H3/t8-,11-,12+,15-,17+/m0/s1. The zero-order chi connectivity index (χ0) is 16.2. The first-order valence-corrected chi connectivity index (χ1v) is 7.88. The third-order valence-corrected chi connectivity index (χ3v) is 5.66. The second kappa shape index (κ2) is 4.93. The molecule has 1 aliphatic heterocycles. The molecule has 0 bridgehead atoms. The molecule has 0 aromatic rings. The van der Waals surface area contributed by atoms with Crippen molar-refractivity contribution in [2.45, 2.75) is 58.7 Å². The molecule has 2 fully saturated rings. The largest absolute Gasteiger partial charge is 0.459 e. The quantitative estimate of drug-likeness (QED) is 0.695. The van der Waals surface area contributed by atoms with E-state index in [4.69, 9.17) is 9.47 Å². The number of Topliss-reactive ketones (excluding diaryl/α,β-unsaturated/α-hetero) is 1. The Morgan fingerprint density at radius 2 is 2.05 bits per heavy atom. The SMILES string of the molecule is CC(=O)O[C@]1(C)CC[C@H]2[C@H](C)C(=O)O[C@@H]2C2=C(C)C(=O)C[C@H]21. The van der Waals surface area contributed by atoms with Gasteiger partial charge in [-0.1, -0.05) is 6.92 Å². The molecular weight excluding hydrogens is 284 g/mol. The highest BCUT2D eigenvalue weighted by Gasteiger charge is 2.56. The van der Waals surface area contributed by atoms with Crippen LogP contribution in [0.3, 0.4) is 0 Å². The summed E-state index contributed by atoms with van der Waals surface area (Å²) in [7, 11) is 0. The van der Waals surface area contributed by atoms with Crippen molar-refractivity contribution >= 4 is 17.7 Å². The van der Waals surface area contributed by atoms with Crippen molar-refractivity contribution in [1.82, 2.24) is 0 Å². The molecule has 5 nitrogen and oxygen atoms in total. The molecule has 2 aliphatic carbocycles. The highest BCUT2D eigenvalue weighted by atomic mass is 16.6. The molecule has 0 aromatic carbocycles. The van der Waals surface area contributed by atoms with E-state index in [9.17, 15) is 14.4 Å². The Kier molecular flexibility index (Phi) is 3.42. The Bertz CT molecular complexity index is 590. The summed E-state index contributed by atoms with van der Waals surface area (Å²) in [5.74, 6) is -0.767. The lowest BCUT2D eigenvalue weighted by Gasteiger charge is -2.35. The van der Waals surface area contributed by atoms with E-state index in [-0.39, 0.29) is 41.6 Å². The monoisotopic (exact) mass is 306 g/mol. The Morgan fingerprint density at radius 3 is 2.68 bits per heavy atom. The van der Waals surface area contributed by atoms with Gasteiger partial charge in [0.25, 0.3) is 0 Å². The van der Waals surface area contributed by atoms with Crippen LogP contribution in [0.15, 0.2) is 11.1 Å². The normalized spacial score (nSPS) is 40.9. The first kappa shape index (κ1) is 15.3. The first-order chi connectivity index (χ1) is 10.2. The Morgan fingerprint density at radius 1 is 1.36 bits per heavy atom. The minimum absolute atomic E-state index is 0.0585. The summed E-state index contributed by atoms with van der Waals surface area (Å²) in [5, 5.41) is 0. The molecule has 0 N–H and O–H groups in total. The highest BCUT2D eigenvalue weighted by molar-refractivity contribution is 5.99. The molecule has 5 atom stereocenters. The third kappa shape index (κ3) is 2.09. The van der Waals surface area contributed by atoms with Crippen LogP contribution in [0, 0.1) is 17.8 Å². The van der Waals surface area contributed by atoms with Crippen LogP contribution in [0.2, 0.25) is 0 Å². The molecule has 5 heteroatoms. The lowest BCUT2D eigenvalue weighted by atomic mass is 9.81. The molecule has 1 saturated heterocycles. The van der Waals surface area contributed by atoms with Gasteiger partial charge in [-0.25, -0.2) is 0 Å². The minimum atomic E-state index is -0.703. The van der Waals surface area contributed by atoms with Gasteiger partial charge >= 0.3 is 11.9 Å². The van der Waals surface area contributed by atoms with Crippen LogP contribution in [-0.4, -0.2) is 29.4 Å². The number of hydrogen-bond donors (Lipinski definition) is 0. The van der Waals surface area contributed by atoms with Gasteiger partial charge in [-0.05, 0) is 37.8 Å². The summed E-state index contributed by atoms with van der Waals surface area (Å²) in [5.41, 5.74) is 0.863. The van der Waals surface area contributed by atoms with Crippen LogP contribution >= 0.6 is 0 Å². The maximum Gasteiger partial charge on any atom is 0.309 e. The van der Waals surface area contributed by atoms with Gasteiger partial charge in [0, 0.05) is 25.2 Å². The molecule has 0 aromatic heterocycles. The van der Waals surface area contributed by atoms with Gasteiger partial charge in [0.1, 0.15) is 11.7 Å². The molecule has 0 radical (unpaired) electrons. The predicted molar refractivity (Wildman–Crippen MR) is 77.8 cm³/mol. The van der Waals surface area contributed by atoms with Crippen molar-refractivity contribution in [3.05, 3.63) is 11.1 Å². The van der Waals surface area contributed by atoms with E-state index in [1.165, 1.54) is 6.92 Å². The zero-order valence-electron chi connectivity index (χ0n) is 13.5. The first-order valence-electron chi connectivity index (χ1n) is 7.88. The number of esters is 2. The summed E-state index contributed by atoms with van der Waals surface area (Å²) in [6.45, 7) is 6.97. The van der Waals surface area contributed by atoms with E-state index in [1.54, 1.807) is 6.92 Å². The lowest BCUT2D eigenvalue weighted by molar-refractivity contribution is -0.161. The maximum absolute atomic E-state index is 12.2. The van der Waals surface area contributed by atoms with Crippen LogP contribution in [0.25, 0.3) is 0 Å². The van der Waals surface area contributed by atoms with Gasteiger partial charge in [0.2, 0.25) is 0 Å². The molecule has 0 unspecified atom stereocenters. The molecule has 3 rings (SSSR count). The predicted octanol–water partition coefficient (Wildman–Crippen LogP) is 2.19. The van der Waals surface area contributed by atoms with E-state index in [0.29, 0.717) is 18.4 Å². The fourth-order valence-electron chi connectivity index (χ4n) is 4.36. The van der Waals surface area contributed by atoms with E-state index in [2.05, 4.69) is 0 Å².